The molecule has 10 rings (SSSR count). The molecule has 5 aromatic heterocycles. The van der Waals surface area contributed by atoms with Crippen LogP contribution < -0.4 is 5.32 Å². The lowest BCUT2D eigenvalue weighted by Gasteiger charge is -2.16. The number of pyridine rings is 2. The number of fused-ring (bicyclic) bond motifs is 3. The van der Waals surface area contributed by atoms with E-state index in [4.69, 9.17) is 24.9 Å². The van der Waals surface area contributed by atoms with Gasteiger partial charge in [0, 0.05) is 52.7 Å². The minimum Gasteiger partial charge on any atom is -0.366 e. The third-order valence-corrected chi connectivity index (χ3v) is 9.15. The normalized spacial score (nSPS) is 12.3. The number of anilines is 1. The molecule has 4 aromatic carbocycles. The van der Waals surface area contributed by atoms with Crippen LogP contribution in [0.5, 0.6) is 0 Å². The van der Waals surface area contributed by atoms with Crippen LogP contribution in [-0.2, 0) is 0 Å². The Labute approximate surface area is 292 Å². The van der Waals surface area contributed by atoms with Crippen molar-refractivity contribution in [1.82, 2.24) is 38.6 Å². The van der Waals surface area contributed by atoms with Gasteiger partial charge in [-0.2, -0.15) is 0 Å². The number of aromatic nitrogens is 8. The first-order chi connectivity index (χ1) is 25.3. The zero-order valence-electron chi connectivity index (χ0n) is 27.3. The standard InChI is InChI=1S/C42H29N9/c1-4-13-31(14-5-1)49-37(46-34-19-10-22-43-40(34)49)28-25-29(38-47-35-20-11-23-44-41(35)50(38)32-15-6-2-7-16-32)27-30(26-28)39-48-36-21-12-24-45-42(36)51(39)33-17-8-3-9-18-33/h1-23,25-27,45H,24H2. The number of rotatable bonds is 6. The molecule has 0 amide bonds. The molecule has 0 fully saturated rings. The molecule has 0 bridgehead atoms. The number of benzene rings is 4. The van der Waals surface area contributed by atoms with Gasteiger partial charge in [-0.25, -0.2) is 24.9 Å². The Morgan fingerprint density at radius 2 is 0.922 bits per heavy atom. The first-order valence-electron chi connectivity index (χ1n) is 16.8. The topological polar surface area (TPSA) is 91.3 Å². The summed E-state index contributed by atoms with van der Waals surface area (Å²) in [5.41, 5.74) is 9.71. The van der Waals surface area contributed by atoms with Gasteiger partial charge in [0.2, 0.25) is 0 Å². The smallest absolute Gasteiger partial charge is 0.164 e. The monoisotopic (exact) mass is 659 g/mol. The van der Waals surface area contributed by atoms with Crippen molar-refractivity contribution < 1.29 is 0 Å². The van der Waals surface area contributed by atoms with Crippen LogP contribution in [0.2, 0.25) is 0 Å². The Morgan fingerprint density at radius 3 is 1.41 bits per heavy atom. The molecule has 0 saturated heterocycles. The van der Waals surface area contributed by atoms with Gasteiger partial charge in [-0.3, -0.25) is 13.7 Å². The van der Waals surface area contributed by atoms with Gasteiger partial charge in [0.1, 0.15) is 40.0 Å². The minimum absolute atomic E-state index is 0.721. The van der Waals surface area contributed by atoms with E-state index in [-0.39, 0.29) is 0 Å². The highest BCUT2D eigenvalue weighted by Crippen LogP contribution is 2.39. The van der Waals surface area contributed by atoms with E-state index in [1.807, 2.05) is 79.1 Å². The molecular formula is C42H29N9. The summed E-state index contributed by atoms with van der Waals surface area (Å²) in [6.07, 6.45) is 7.80. The molecular weight excluding hydrogens is 631 g/mol. The fourth-order valence-corrected chi connectivity index (χ4v) is 6.94. The summed E-state index contributed by atoms with van der Waals surface area (Å²) in [5, 5.41) is 3.57. The first kappa shape index (κ1) is 28.8. The van der Waals surface area contributed by atoms with Gasteiger partial charge < -0.3 is 5.32 Å². The summed E-state index contributed by atoms with van der Waals surface area (Å²) in [6, 6.07) is 45.2. The van der Waals surface area contributed by atoms with Crippen LogP contribution in [0, 0.1) is 0 Å². The molecule has 9 heteroatoms. The summed E-state index contributed by atoms with van der Waals surface area (Å²) in [4.78, 5) is 25.2. The van der Waals surface area contributed by atoms with Gasteiger partial charge in [0.15, 0.2) is 11.3 Å². The summed E-state index contributed by atoms with van der Waals surface area (Å²) < 4.78 is 6.45. The second-order valence-corrected chi connectivity index (χ2v) is 12.3. The maximum absolute atomic E-state index is 5.25. The third-order valence-electron chi connectivity index (χ3n) is 9.15. The zero-order chi connectivity index (χ0) is 33.7. The third kappa shape index (κ3) is 4.82. The molecule has 0 aliphatic carbocycles. The first-order valence-corrected chi connectivity index (χ1v) is 16.8. The Hall–Kier alpha value is -7.13. The molecule has 0 radical (unpaired) electrons. The van der Waals surface area contributed by atoms with Gasteiger partial charge in [-0.1, -0.05) is 60.7 Å². The Kier molecular flexibility index (Phi) is 6.66. The average Bonchev–Trinajstić information content (AvgIpc) is 3.91. The van der Waals surface area contributed by atoms with Crippen molar-refractivity contribution >= 4 is 34.2 Å². The van der Waals surface area contributed by atoms with Crippen LogP contribution in [0.25, 0.3) is 79.6 Å². The number of para-hydroxylation sites is 3. The van der Waals surface area contributed by atoms with E-state index in [0.29, 0.717) is 0 Å². The second kappa shape index (κ2) is 11.8. The van der Waals surface area contributed by atoms with Crippen LogP contribution in [-0.4, -0.2) is 45.2 Å². The van der Waals surface area contributed by atoms with Gasteiger partial charge in [-0.05, 0) is 84.9 Å². The van der Waals surface area contributed by atoms with Crippen LogP contribution in [0.4, 0.5) is 5.82 Å². The molecule has 0 spiro atoms. The molecule has 0 unspecified atom stereocenters. The second-order valence-electron chi connectivity index (χ2n) is 12.3. The Balaban J connectivity index is 1.30. The molecule has 0 atom stereocenters. The predicted octanol–water partition coefficient (Wildman–Crippen LogP) is 8.78. The molecule has 0 saturated carbocycles. The zero-order valence-corrected chi connectivity index (χ0v) is 27.3. The lowest BCUT2D eigenvalue weighted by Crippen LogP contribution is -2.09. The largest absolute Gasteiger partial charge is 0.366 e. The van der Waals surface area contributed by atoms with E-state index in [0.717, 1.165) is 91.6 Å². The number of hydrogen-bond acceptors (Lipinski definition) is 6. The maximum Gasteiger partial charge on any atom is 0.164 e. The molecule has 9 nitrogen and oxygen atoms in total. The highest BCUT2D eigenvalue weighted by Gasteiger charge is 2.24. The molecule has 51 heavy (non-hydrogen) atoms. The van der Waals surface area contributed by atoms with Gasteiger partial charge in [0.05, 0.1) is 0 Å². The SMILES string of the molecule is C1=Cc2nc(-c3cc(-c4nc5cccnc5n4-c4ccccc4)cc(-c4nc5cccnc5n4-c4ccccc4)c3)n(-c3ccccc3)c2NC1. The summed E-state index contributed by atoms with van der Waals surface area (Å²) in [7, 11) is 0. The van der Waals surface area contributed by atoms with E-state index in [1.165, 1.54) is 0 Å². The lowest BCUT2D eigenvalue weighted by molar-refractivity contribution is 1.05. The maximum atomic E-state index is 5.25. The number of nitrogens with one attached hydrogen (secondary N) is 1. The molecule has 1 aliphatic rings. The van der Waals surface area contributed by atoms with Crippen molar-refractivity contribution in [3.05, 3.63) is 158 Å². The molecule has 1 N–H and O–H groups in total. The van der Waals surface area contributed by atoms with Crippen LogP contribution in [0.15, 0.2) is 152 Å². The molecule has 6 heterocycles. The fourth-order valence-electron chi connectivity index (χ4n) is 6.94. The van der Waals surface area contributed by atoms with Crippen LogP contribution in [0.3, 0.4) is 0 Å². The van der Waals surface area contributed by atoms with E-state index >= 15 is 0 Å². The van der Waals surface area contributed by atoms with Crippen molar-refractivity contribution in [1.29, 1.82) is 0 Å². The van der Waals surface area contributed by atoms with Crippen LogP contribution >= 0.6 is 0 Å². The summed E-state index contributed by atoms with van der Waals surface area (Å²) in [5.74, 6) is 3.28. The molecule has 1 aliphatic heterocycles. The summed E-state index contributed by atoms with van der Waals surface area (Å²) in [6.45, 7) is 0.721. The highest BCUT2D eigenvalue weighted by molar-refractivity contribution is 5.87. The van der Waals surface area contributed by atoms with E-state index in [9.17, 15) is 0 Å². The van der Waals surface area contributed by atoms with E-state index in [2.05, 4.69) is 97.9 Å². The minimum atomic E-state index is 0.721. The molecule has 242 valence electrons. The van der Waals surface area contributed by atoms with Crippen molar-refractivity contribution in [3.63, 3.8) is 0 Å². The number of nitrogens with zero attached hydrogens (tertiary/aromatic N) is 8. The summed E-state index contributed by atoms with van der Waals surface area (Å²) >= 11 is 0. The lowest BCUT2D eigenvalue weighted by atomic mass is 10.0. The average molecular weight is 660 g/mol. The Morgan fingerprint density at radius 1 is 0.471 bits per heavy atom. The van der Waals surface area contributed by atoms with E-state index in [1.54, 1.807) is 0 Å². The fraction of sp³-hybridized carbons (Fsp3) is 0.0238. The van der Waals surface area contributed by atoms with Gasteiger partial charge >= 0.3 is 0 Å². The van der Waals surface area contributed by atoms with Gasteiger partial charge in [-0.15, -0.1) is 0 Å². The van der Waals surface area contributed by atoms with Crippen molar-refractivity contribution in [2.45, 2.75) is 0 Å². The van der Waals surface area contributed by atoms with Crippen molar-refractivity contribution in [2.24, 2.45) is 0 Å². The van der Waals surface area contributed by atoms with Crippen LogP contribution in [0.1, 0.15) is 5.69 Å². The van der Waals surface area contributed by atoms with Crippen molar-refractivity contribution in [3.8, 4) is 51.2 Å². The van der Waals surface area contributed by atoms with Gasteiger partial charge in [0.25, 0.3) is 0 Å². The van der Waals surface area contributed by atoms with E-state index < -0.39 is 0 Å². The number of imidazole rings is 3. The van der Waals surface area contributed by atoms with Crippen molar-refractivity contribution in [2.75, 3.05) is 11.9 Å². The highest BCUT2D eigenvalue weighted by atomic mass is 15.2. The molecule has 9 aromatic rings. The Bertz CT molecular complexity index is 2610. The predicted molar refractivity (Wildman–Crippen MR) is 202 cm³/mol. The number of hydrogen-bond donors (Lipinski definition) is 1. The quantitative estimate of drug-likeness (QED) is 0.192.